The van der Waals surface area contributed by atoms with Crippen molar-refractivity contribution < 1.29 is 24.2 Å². The number of aliphatic hydroxyl groups excluding tert-OH is 1. The van der Waals surface area contributed by atoms with Gasteiger partial charge in [-0.3, -0.25) is 4.79 Å². The number of hydrogen-bond donors (Lipinski definition) is 2. The molecule has 2 atom stereocenters. The molecule has 0 aliphatic carbocycles. The second-order valence-electron chi connectivity index (χ2n) is 4.68. The summed E-state index contributed by atoms with van der Waals surface area (Å²) in [6.07, 6.45) is -0.923. The lowest BCUT2D eigenvalue weighted by molar-refractivity contribution is -0.141. The summed E-state index contributed by atoms with van der Waals surface area (Å²) < 4.78 is 13.7. The van der Waals surface area contributed by atoms with Gasteiger partial charge >= 0.3 is 5.97 Å². The molecule has 6 heteroatoms. The van der Waals surface area contributed by atoms with Gasteiger partial charge in [-0.15, -0.1) is 0 Å². The van der Waals surface area contributed by atoms with Crippen LogP contribution in [-0.2, 0) is 4.79 Å². The lowest BCUT2D eigenvalue weighted by atomic mass is 10.1. The van der Waals surface area contributed by atoms with E-state index in [-0.39, 0.29) is 18.5 Å². The van der Waals surface area contributed by atoms with Crippen LogP contribution in [0, 0.1) is 12.7 Å². The molecule has 2 rings (SSSR count). The van der Waals surface area contributed by atoms with Gasteiger partial charge < -0.3 is 15.1 Å². The molecule has 0 spiro atoms. The Bertz CT molecular complexity index is 531. The summed E-state index contributed by atoms with van der Waals surface area (Å²) in [6, 6.07) is 3.02. The Hall–Kier alpha value is -1.95. The van der Waals surface area contributed by atoms with Gasteiger partial charge in [-0.2, -0.15) is 0 Å². The molecule has 19 heavy (non-hydrogen) atoms. The Morgan fingerprint density at radius 3 is 2.68 bits per heavy atom. The topological polar surface area (TPSA) is 77.8 Å². The first-order valence-electron chi connectivity index (χ1n) is 5.88. The van der Waals surface area contributed by atoms with Crippen LogP contribution in [0.5, 0.6) is 0 Å². The largest absolute Gasteiger partial charge is 0.480 e. The van der Waals surface area contributed by atoms with Crippen LogP contribution < -0.4 is 0 Å². The van der Waals surface area contributed by atoms with Crippen LogP contribution in [0.1, 0.15) is 22.3 Å². The number of carbonyl (C=O) groups excluding carboxylic acids is 1. The van der Waals surface area contributed by atoms with Gasteiger partial charge in [-0.05, 0) is 24.6 Å². The predicted octanol–water partition coefficient (Wildman–Crippen LogP) is 0.794. The standard InChI is InChI=1S/C13H14FNO4/c1-7-2-3-9(10(14)4-7)12(17)15-6-8(16)5-11(15)13(18)19/h2-4,8,11,16H,5-6H2,1H3,(H,18,19). The van der Waals surface area contributed by atoms with Gasteiger partial charge in [0.1, 0.15) is 11.9 Å². The summed E-state index contributed by atoms with van der Waals surface area (Å²) in [5, 5.41) is 18.5. The summed E-state index contributed by atoms with van der Waals surface area (Å²) in [5.41, 5.74) is 0.497. The van der Waals surface area contributed by atoms with Crippen molar-refractivity contribution in [2.75, 3.05) is 6.54 Å². The number of aliphatic carboxylic acids is 1. The lowest BCUT2D eigenvalue weighted by Gasteiger charge is -2.21. The molecule has 1 heterocycles. The van der Waals surface area contributed by atoms with Crippen molar-refractivity contribution >= 4 is 11.9 Å². The lowest BCUT2D eigenvalue weighted by Crippen LogP contribution is -2.40. The van der Waals surface area contributed by atoms with Gasteiger partial charge in [0.25, 0.3) is 5.91 Å². The van der Waals surface area contributed by atoms with E-state index in [9.17, 15) is 19.1 Å². The van der Waals surface area contributed by atoms with Gasteiger partial charge in [0.2, 0.25) is 0 Å². The van der Waals surface area contributed by atoms with E-state index in [0.717, 1.165) is 4.90 Å². The van der Waals surface area contributed by atoms with Gasteiger partial charge in [0.15, 0.2) is 0 Å². The number of rotatable bonds is 2. The fourth-order valence-corrected chi connectivity index (χ4v) is 2.22. The number of carboxylic acids is 1. The number of benzene rings is 1. The summed E-state index contributed by atoms with van der Waals surface area (Å²) in [6.45, 7) is 1.60. The molecular formula is C13H14FNO4. The molecule has 2 unspecified atom stereocenters. The summed E-state index contributed by atoms with van der Waals surface area (Å²) in [4.78, 5) is 24.2. The normalized spacial score (nSPS) is 22.6. The minimum atomic E-state index is -1.20. The number of nitrogens with zero attached hydrogens (tertiary/aromatic N) is 1. The van der Waals surface area contributed by atoms with Gasteiger partial charge in [-0.1, -0.05) is 6.07 Å². The van der Waals surface area contributed by atoms with E-state index in [1.807, 2.05) is 0 Å². The summed E-state index contributed by atoms with van der Waals surface area (Å²) in [7, 11) is 0. The molecule has 1 aliphatic heterocycles. The molecule has 1 aromatic rings. The molecule has 0 saturated carbocycles. The number of hydrogen-bond acceptors (Lipinski definition) is 3. The molecule has 1 aliphatic rings. The number of carboxylic acid groups (broad SMARTS) is 1. The number of amides is 1. The number of aliphatic hydroxyl groups is 1. The summed E-state index contributed by atoms with van der Waals surface area (Å²) in [5.74, 6) is -2.59. The maximum absolute atomic E-state index is 13.7. The number of halogens is 1. The molecule has 0 bridgehead atoms. The first-order valence-corrected chi connectivity index (χ1v) is 5.88. The zero-order valence-corrected chi connectivity index (χ0v) is 10.3. The quantitative estimate of drug-likeness (QED) is 0.830. The fraction of sp³-hybridized carbons (Fsp3) is 0.385. The van der Waals surface area contributed by atoms with E-state index in [1.165, 1.54) is 12.1 Å². The molecule has 1 aromatic carbocycles. The Morgan fingerprint density at radius 2 is 2.11 bits per heavy atom. The van der Waals surface area contributed by atoms with Crippen LogP contribution in [0.2, 0.25) is 0 Å². The number of carbonyl (C=O) groups is 2. The molecule has 5 nitrogen and oxygen atoms in total. The minimum Gasteiger partial charge on any atom is -0.480 e. The van der Waals surface area contributed by atoms with Crippen LogP contribution in [0.3, 0.4) is 0 Å². The highest BCUT2D eigenvalue weighted by atomic mass is 19.1. The van der Waals surface area contributed by atoms with Crippen LogP contribution >= 0.6 is 0 Å². The first-order chi connectivity index (χ1) is 8.90. The molecule has 2 N–H and O–H groups in total. The van der Waals surface area contributed by atoms with Gasteiger partial charge in [-0.25, -0.2) is 9.18 Å². The van der Waals surface area contributed by atoms with Crippen LogP contribution in [0.25, 0.3) is 0 Å². The molecule has 0 aromatic heterocycles. The van der Waals surface area contributed by atoms with Crippen molar-refractivity contribution in [2.45, 2.75) is 25.5 Å². The van der Waals surface area contributed by atoms with Crippen LogP contribution in [0.4, 0.5) is 4.39 Å². The van der Waals surface area contributed by atoms with E-state index in [1.54, 1.807) is 13.0 Å². The average molecular weight is 267 g/mol. The van der Waals surface area contributed by atoms with Crippen molar-refractivity contribution in [3.63, 3.8) is 0 Å². The van der Waals surface area contributed by atoms with Crippen molar-refractivity contribution in [1.29, 1.82) is 0 Å². The van der Waals surface area contributed by atoms with E-state index in [4.69, 9.17) is 5.11 Å². The van der Waals surface area contributed by atoms with Crippen molar-refractivity contribution in [3.8, 4) is 0 Å². The Labute approximate surface area is 109 Å². The third-order valence-electron chi connectivity index (χ3n) is 3.18. The maximum Gasteiger partial charge on any atom is 0.326 e. The molecular weight excluding hydrogens is 253 g/mol. The Kier molecular flexibility index (Phi) is 3.53. The highest BCUT2D eigenvalue weighted by Crippen LogP contribution is 2.22. The molecule has 1 saturated heterocycles. The van der Waals surface area contributed by atoms with Crippen LogP contribution in [-0.4, -0.2) is 45.7 Å². The van der Waals surface area contributed by atoms with Crippen LogP contribution in [0.15, 0.2) is 18.2 Å². The van der Waals surface area contributed by atoms with E-state index in [0.29, 0.717) is 5.56 Å². The second kappa shape index (κ2) is 4.97. The monoisotopic (exact) mass is 267 g/mol. The zero-order chi connectivity index (χ0) is 14.2. The third kappa shape index (κ3) is 2.58. The second-order valence-corrected chi connectivity index (χ2v) is 4.68. The van der Waals surface area contributed by atoms with Gasteiger partial charge in [0.05, 0.1) is 11.7 Å². The summed E-state index contributed by atoms with van der Waals surface area (Å²) >= 11 is 0. The van der Waals surface area contributed by atoms with E-state index < -0.39 is 29.8 Å². The minimum absolute atomic E-state index is 0.0332. The average Bonchev–Trinajstić information content (AvgIpc) is 2.70. The Balaban J connectivity index is 2.30. The smallest absolute Gasteiger partial charge is 0.326 e. The molecule has 1 amide bonds. The number of β-amino-alcohol motifs (C(OH)–C–C–N with tert-alkyl or cyclic N) is 1. The van der Waals surface area contributed by atoms with Crippen molar-refractivity contribution in [1.82, 2.24) is 4.90 Å². The Morgan fingerprint density at radius 1 is 1.42 bits per heavy atom. The predicted molar refractivity (Wildman–Crippen MR) is 64.2 cm³/mol. The van der Waals surface area contributed by atoms with E-state index in [2.05, 4.69) is 0 Å². The van der Waals surface area contributed by atoms with Crippen molar-refractivity contribution in [3.05, 3.63) is 35.1 Å². The SMILES string of the molecule is Cc1ccc(C(=O)N2CC(O)CC2C(=O)O)c(F)c1. The molecule has 102 valence electrons. The highest BCUT2D eigenvalue weighted by molar-refractivity contribution is 5.97. The third-order valence-corrected chi connectivity index (χ3v) is 3.18. The zero-order valence-electron chi connectivity index (χ0n) is 10.3. The fourth-order valence-electron chi connectivity index (χ4n) is 2.22. The van der Waals surface area contributed by atoms with Crippen molar-refractivity contribution in [2.24, 2.45) is 0 Å². The molecule has 1 fully saturated rings. The van der Waals surface area contributed by atoms with E-state index >= 15 is 0 Å². The highest BCUT2D eigenvalue weighted by Gasteiger charge is 2.39. The number of likely N-dealkylation sites (tertiary alicyclic amines) is 1. The maximum atomic E-state index is 13.7. The van der Waals surface area contributed by atoms with Gasteiger partial charge in [0, 0.05) is 13.0 Å². The number of aryl methyl sites for hydroxylation is 1. The first kappa shape index (κ1) is 13.5. The molecule has 0 radical (unpaired) electrons.